The summed E-state index contributed by atoms with van der Waals surface area (Å²) in [6.07, 6.45) is 3.92. The second-order valence-electron chi connectivity index (χ2n) is 7.28. The maximum absolute atomic E-state index is 14.5. The van der Waals surface area contributed by atoms with E-state index in [4.69, 9.17) is 11.6 Å². The van der Waals surface area contributed by atoms with Gasteiger partial charge in [-0.15, -0.1) is 0 Å². The van der Waals surface area contributed by atoms with E-state index >= 15 is 0 Å². The number of rotatable bonds is 4. The van der Waals surface area contributed by atoms with Crippen LogP contribution in [0.5, 0.6) is 5.88 Å². The Labute approximate surface area is 181 Å². The Bertz CT molecular complexity index is 1290. The first-order valence-electron chi connectivity index (χ1n) is 9.67. The van der Waals surface area contributed by atoms with Crippen molar-refractivity contribution in [1.82, 2.24) is 20.3 Å². The van der Waals surface area contributed by atoms with Crippen LogP contribution in [0.3, 0.4) is 0 Å². The zero-order chi connectivity index (χ0) is 21.5. The van der Waals surface area contributed by atoms with Crippen molar-refractivity contribution in [2.24, 2.45) is 0 Å². The minimum atomic E-state index is -0.498. The average Bonchev–Trinajstić information content (AvgIpc) is 3.34. The summed E-state index contributed by atoms with van der Waals surface area (Å²) in [6, 6.07) is 9.64. The molecule has 4 aromatic rings. The summed E-state index contributed by atoms with van der Waals surface area (Å²) >= 11 is 6.22. The van der Waals surface area contributed by atoms with Crippen LogP contribution in [0.2, 0.25) is 5.02 Å². The number of carbonyl (C=O) groups excluding carboxylic acids is 1. The Morgan fingerprint density at radius 2 is 2.13 bits per heavy atom. The smallest absolute Gasteiger partial charge is 0.227 e. The van der Waals surface area contributed by atoms with E-state index in [2.05, 4.69) is 25.6 Å². The third kappa shape index (κ3) is 3.44. The molecule has 5 rings (SSSR count). The highest BCUT2D eigenvalue weighted by molar-refractivity contribution is 6.33. The Hall–Kier alpha value is -3.65. The van der Waals surface area contributed by atoms with Gasteiger partial charge in [0, 0.05) is 18.9 Å². The van der Waals surface area contributed by atoms with Crippen LogP contribution in [0.4, 0.5) is 15.9 Å². The molecule has 0 saturated carbocycles. The number of pyridine rings is 2. The minimum Gasteiger partial charge on any atom is -0.494 e. The lowest BCUT2D eigenvalue weighted by Crippen LogP contribution is -2.17. The molecule has 0 bridgehead atoms. The van der Waals surface area contributed by atoms with Crippen molar-refractivity contribution < 1.29 is 14.3 Å². The van der Waals surface area contributed by atoms with Crippen LogP contribution in [-0.4, -0.2) is 32.5 Å². The number of aromatic amines is 1. The molecule has 0 spiro atoms. The number of H-pyrrole nitrogens is 1. The average molecular weight is 438 g/mol. The Morgan fingerprint density at radius 1 is 1.26 bits per heavy atom. The van der Waals surface area contributed by atoms with Gasteiger partial charge in [0.25, 0.3) is 0 Å². The lowest BCUT2D eigenvalue weighted by Gasteiger charge is -2.12. The molecule has 7 nitrogen and oxygen atoms in total. The van der Waals surface area contributed by atoms with E-state index in [1.165, 1.54) is 18.3 Å². The minimum absolute atomic E-state index is 0.00186. The van der Waals surface area contributed by atoms with E-state index in [1.54, 1.807) is 24.4 Å². The molecule has 31 heavy (non-hydrogen) atoms. The van der Waals surface area contributed by atoms with Crippen LogP contribution in [0.25, 0.3) is 22.2 Å². The molecule has 1 fully saturated rings. The summed E-state index contributed by atoms with van der Waals surface area (Å²) in [7, 11) is 0. The van der Waals surface area contributed by atoms with E-state index in [9.17, 15) is 14.3 Å². The van der Waals surface area contributed by atoms with Crippen LogP contribution < -0.4 is 10.6 Å². The SMILES string of the molecule is O=C1NCCC1c1ccc(Nc2cc(-c3c(F)cccc3Cl)nc3c[nH]c(O)c23)nc1. The number of aromatic hydroxyl groups is 1. The van der Waals surface area contributed by atoms with Crippen molar-refractivity contribution in [1.29, 1.82) is 0 Å². The monoisotopic (exact) mass is 437 g/mol. The van der Waals surface area contributed by atoms with Crippen LogP contribution in [0, 0.1) is 5.82 Å². The summed E-state index contributed by atoms with van der Waals surface area (Å²) in [5, 5.41) is 16.9. The number of nitrogens with zero attached hydrogens (tertiary/aromatic N) is 2. The first-order valence-corrected chi connectivity index (χ1v) is 10.0. The van der Waals surface area contributed by atoms with Crippen molar-refractivity contribution >= 4 is 39.9 Å². The first-order chi connectivity index (χ1) is 15.0. The normalized spacial score (nSPS) is 15.9. The van der Waals surface area contributed by atoms with E-state index in [-0.39, 0.29) is 28.3 Å². The number of amides is 1. The fourth-order valence-electron chi connectivity index (χ4n) is 3.83. The molecule has 9 heteroatoms. The second kappa shape index (κ2) is 7.55. The van der Waals surface area contributed by atoms with Gasteiger partial charge in [0.05, 0.1) is 38.8 Å². The number of carbonyl (C=O) groups is 1. The van der Waals surface area contributed by atoms with Gasteiger partial charge < -0.3 is 20.7 Å². The fraction of sp³-hybridized carbons (Fsp3) is 0.136. The largest absolute Gasteiger partial charge is 0.494 e. The molecule has 4 heterocycles. The third-order valence-corrected chi connectivity index (χ3v) is 5.66. The lowest BCUT2D eigenvalue weighted by molar-refractivity contribution is -0.120. The Balaban J connectivity index is 1.55. The highest BCUT2D eigenvalue weighted by Crippen LogP contribution is 2.38. The molecule has 1 aromatic carbocycles. The van der Waals surface area contributed by atoms with Crippen LogP contribution in [0.1, 0.15) is 17.9 Å². The van der Waals surface area contributed by atoms with Crippen LogP contribution in [-0.2, 0) is 4.79 Å². The topological polar surface area (TPSA) is 103 Å². The molecule has 1 aliphatic rings. The first kappa shape index (κ1) is 19.3. The Morgan fingerprint density at radius 3 is 2.84 bits per heavy atom. The molecule has 1 unspecified atom stereocenters. The number of halogens is 2. The lowest BCUT2D eigenvalue weighted by atomic mass is 10.00. The Kier molecular flexibility index (Phi) is 4.71. The number of hydrogen-bond donors (Lipinski definition) is 4. The summed E-state index contributed by atoms with van der Waals surface area (Å²) in [5.41, 5.74) is 2.25. The molecule has 1 aliphatic heterocycles. The number of aromatic nitrogens is 3. The molecule has 0 aliphatic carbocycles. The molecule has 3 aromatic heterocycles. The highest BCUT2D eigenvalue weighted by atomic mass is 35.5. The van der Waals surface area contributed by atoms with Gasteiger partial charge in [-0.25, -0.2) is 14.4 Å². The van der Waals surface area contributed by atoms with Crippen molar-refractivity contribution in [2.75, 3.05) is 11.9 Å². The zero-order valence-corrected chi connectivity index (χ0v) is 16.9. The maximum atomic E-state index is 14.5. The number of hydrogen-bond acceptors (Lipinski definition) is 5. The fourth-order valence-corrected chi connectivity index (χ4v) is 4.09. The summed E-state index contributed by atoms with van der Waals surface area (Å²) in [4.78, 5) is 23.5. The number of anilines is 2. The highest BCUT2D eigenvalue weighted by Gasteiger charge is 2.26. The summed E-state index contributed by atoms with van der Waals surface area (Å²) in [6.45, 7) is 0.659. The van der Waals surface area contributed by atoms with Crippen molar-refractivity contribution in [3.05, 3.63) is 65.2 Å². The molecule has 156 valence electrons. The molecule has 0 radical (unpaired) electrons. The molecule has 4 N–H and O–H groups in total. The van der Waals surface area contributed by atoms with Crippen molar-refractivity contribution in [3.63, 3.8) is 0 Å². The van der Waals surface area contributed by atoms with E-state index < -0.39 is 5.82 Å². The van der Waals surface area contributed by atoms with Gasteiger partial charge in [-0.05, 0) is 36.2 Å². The summed E-state index contributed by atoms with van der Waals surface area (Å²) in [5.74, 6) is -0.265. The van der Waals surface area contributed by atoms with E-state index in [1.807, 2.05) is 6.07 Å². The van der Waals surface area contributed by atoms with Gasteiger partial charge in [-0.3, -0.25) is 4.79 Å². The molecule has 1 saturated heterocycles. The summed E-state index contributed by atoms with van der Waals surface area (Å²) < 4.78 is 14.5. The van der Waals surface area contributed by atoms with E-state index in [0.29, 0.717) is 34.6 Å². The van der Waals surface area contributed by atoms with Gasteiger partial charge in [-0.1, -0.05) is 23.7 Å². The van der Waals surface area contributed by atoms with Gasteiger partial charge in [0.1, 0.15) is 11.6 Å². The maximum Gasteiger partial charge on any atom is 0.227 e. The van der Waals surface area contributed by atoms with Crippen molar-refractivity contribution in [2.45, 2.75) is 12.3 Å². The molecule has 1 atom stereocenters. The second-order valence-corrected chi connectivity index (χ2v) is 7.69. The van der Waals surface area contributed by atoms with Gasteiger partial charge in [0.2, 0.25) is 5.91 Å². The van der Waals surface area contributed by atoms with Gasteiger partial charge >= 0.3 is 0 Å². The molecular weight excluding hydrogens is 421 g/mol. The third-order valence-electron chi connectivity index (χ3n) is 5.35. The standard InChI is InChI=1S/C22H17ClFN5O2/c23-13-2-1-3-14(24)19(13)15-8-16(20-17(28-15)10-27-22(20)31)29-18-5-4-11(9-26-18)12-6-7-25-21(12)30/h1-5,8-10,12,27,31H,6-7H2,(H,25,30)(H,26,29). The van der Waals surface area contributed by atoms with Gasteiger partial charge in [-0.2, -0.15) is 0 Å². The number of fused-ring (bicyclic) bond motifs is 1. The predicted octanol–water partition coefficient (Wildman–Crippen LogP) is 4.47. The molecule has 1 amide bonds. The van der Waals surface area contributed by atoms with Crippen LogP contribution >= 0.6 is 11.6 Å². The number of benzene rings is 1. The molecular formula is C22H17ClFN5O2. The predicted molar refractivity (Wildman–Crippen MR) is 116 cm³/mol. The zero-order valence-electron chi connectivity index (χ0n) is 16.1. The van der Waals surface area contributed by atoms with Crippen LogP contribution in [0.15, 0.2) is 48.8 Å². The number of nitrogens with one attached hydrogen (secondary N) is 3. The van der Waals surface area contributed by atoms with Crippen molar-refractivity contribution in [3.8, 4) is 17.1 Å². The van der Waals surface area contributed by atoms with Gasteiger partial charge in [0.15, 0.2) is 5.88 Å². The quantitative estimate of drug-likeness (QED) is 0.377. The van der Waals surface area contributed by atoms with E-state index in [0.717, 1.165) is 12.0 Å².